The van der Waals surface area contributed by atoms with Gasteiger partial charge in [0.15, 0.2) is 0 Å². The van der Waals surface area contributed by atoms with E-state index in [0.29, 0.717) is 5.02 Å². The monoisotopic (exact) mass is 252 g/mol. The zero-order valence-electron chi connectivity index (χ0n) is 9.73. The lowest BCUT2D eigenvalue weighted by Crippen LogP contribution is -2.35. The third-order valence-corrected chi connectivity index (χ3v) is 3.47. The van der Waals surface area contributed by atoms with Crippen LogP contribution in [-0.2, 0) is 11.3 Å². The molecule has 1 aliphatic rings. The molecule has 1 fully saturated rings. The number of hydrogen-bond donors (Lipinski definition) is 1. The van der Waals surface area contributed by atoms with Gasteiger partial charge in [-0.1, -0.05) is 17.7 Å². The molecule has 2 rings (SSSR count). The van der Waals surface area contributed by atoms with Gasteiger partial charge in [-0.05, 0) is 37.1 Å². The Morgan fingerprint density at radius 2 is 2.35 bits per heavy atom. The molecule has 0 amide bonds. The van der Waals surface area contributed by atoms with Gasteiger partial charge in [0.25, 0.3) is 0 Å². The SMILES string of the molecule is Nc1cc(Cl)ccc1CN1CCCC(C=O)C1. The maximum absolute atomic E-state index is 10.8. The van der Waals surface area contributed by atoms with Crippen LogP contribution in [-0.4, -0.2) is 24.3 Å². The number of nitrogen functional groups attached to an aromatic ring is 1. The van der Waals surface area contributed by atoms with E-state index in [4.69, 9.17) is 17.3 Å². The summed E-state index contributed by atoms with van der Waals surface area (Å²) >= 11 is 5.87. The lowest BCUT2D eigenvalue weighted by atomic mass is 9.99. The van der Waals surface area contributed by atoms with Crippen molar-refractivity contribution in [2.75, 3.05) is 18.8 Å². The van der Waals surface area contributed by atoms with Gasteiger partial charge < -0.3 is 10.5 Å². The van der Waals surface area contributed by atoms with E-state index in [2.05, 4.69) is 4.90 Å². The molecule has 0 bridgehead atoms. The van der Waals surface area contributed by atoms with Gasteiger partial charge in [-0.15, -0.1) is 0 Å². The zero-order chi connectivity index (χ0) is 12.3. The smallest absolute Gasteiger partial charge is 0.124 e. The van der Waals surface area contributed by atoms with Crippen molar-refractivity contribution in [1.29, 1.82) is 0 Å². The van der Waals surface area contributed by atoms with Crippen LogP contribution in [0, 0.1) is 5.92 Å². The zero-order valence-corrected chi connectivity index (χ0v) is 10.5. The summed E-state index contributed by atoms with van der Waals surface area (Å²) in [5.41, 5.74) is 7.74. The minimum Gasteiger partial charge on any atom is -0.398 e. The predicted molar refractivity (Wildman–Crippen MR) is 69.9 cm³/mol. The molecule has 1 heterocycles. The Morgan fingerprint density at radius 3 is 3.06 bits per heavy atom. The molecule has 1 aromatic rings. The molecule has 4 heteroatoms. The molecule has 2 N–H and O–H groups in total. The highest BCUT2D eigenvalue weighted by Crippen LogP contribution is 2.22. The van der Waals surface area contributed by atoms with Gasteiger partial charge in [-0.3, -0.25) is 4.90 Å². The average molecular weight is 253 g/mol. The van der Waals surface area contributed by atoms with Crippen LogP contribution in [0.2, 0.25) is 5.02 Å². The fourth-order valence-electron chi connectivity index (χ4n) is 2.30. The van der Waals surface area contributed by atoms with Crippen LogP contribution >= 0.6 is 11.6 Å². The maximum atomic E-state index is 10.8. The van der Waals surface area contributed by atoms with Crippen LogP contribution in [0.3, 0.4) is 0 Å². The fraction of sp³-hybridized carbons (Fsp3) is 0.462. The number of hydrogen-bond acceptors (Lipinski definition) is 3. The summed E-state index contributed by atoms with van der Waals surface area (Å²) in [7, 11) is 0. The highest BCUT2D eigenvalue weighted by Gasteiger charge is 2.19. The molecule has 0 saturated carbocycles. The first-order valence-electron chi connectivity index (χ1n) is 5.90. The van der Waals surface area contributed by atoms with E-state index < -0.39 is 0 Å². The van der Waals surface area contributed by atoms with Crippen molar-refractivity contribution in [3.8, 4) is 0 Å². The summed E-state index contributed by atoms with van der Waals surface area (Å²) in [6.45, 7) is 2.67. The molecular weight excluding hydrogens is 236 g/mol. The summed E-state index contributed by atoms with van der Waals surface area (Å²) < 4.78 is 0. The number of aldehydes is 1. The van der Waals surface area contributed by atoms with Crippen LogP contribution in [0.1, 0.15) is 18.4 Å². The number of halogens is 1. The van der Waals surface area contributed by atoms with Gasteiger partial charge >= 0.3 is 0 Å². The van der Waals surface area contributed by atoms with Crippen molar-refractivity contribution in [2.45, 2.75) is 19.4 Å². The number of carbonyl (C=O) groups excluding carboxylic acids is 1. The summed E-state index contributed by atoms with van der Waals surface area (Å²) in [6.07, 6.45) is 3.16. The van der Waals surface area contributed by atoms with Crippen molar-refractivity contribution in [2.24, 2.45) is 5.92 Å². The third-order valence-electron chi connectivity index (χ3n) is 3.24. The number of nitrogens with zero attached hydrogens (tertiary/aromatic N) is 1. The quantitative estimate of drug-likeness (QED) is 0.664. The summed E-state index contributed by atoms with van der Waals surface area (Å²) in [5, 5.41) is 0.663. The Bertz CT molecular complexity index is 408. The number of likely N-dealkylation sites (tertiary alicyclic amines) is 1. The Labute approximate surface area is 107 Å². The first-order chi connectivity index (χ1) is 8.19. The van der Waals surface area contributed by atoms with E-state index in [-0.39, 0.29) is 5.92 Å². The van der Waals surface area contributed by atoms with E-state index in [1.165, 1.54) is 0 Å². The third kappa shape index (κ3) is 3.20. The standard InChI is InChI=1S/C13H17ClN2O/c14-12-4-3-11(13(15)6-12)8-16-5-1-2-10(7-16)9-17/h3-4,6,9-10H,1-2,5,7-8,15H2. The highest BCUT2D eigenvalue weighted by atomic mass is 35.5. The molecule has 1 unspecified atom stereocenters. The number of rotatable bonds is 3. The fourth-order valence-corrected chi connectivity index (χ4v) is 2.48. The molecule has 0 spiro atoms. The van der Waals surface area contributed by atoms with Crippen LogP contribution in [0.4, 0.5) is 5.69 Å². The number of anilines is 1. The molecule has 1 saturated heterocycles. The Kier molecular flexibility index (Phi) is 4.02. The second-order valence-electron chi connectivity index (χ2n) is 4.62. The largest absolute Gasteiger partial charge is 0.398 e. The molecule has 92 valence electrons. The van der Waals surface area contributed by atoms with Crippen molar-refractivity contribution in [3.63, 3.8) is 0 Å². The summed E-state index contributed by atoms with van der Waals surface area (Å²) in [6, 6.07) is 5.59. The normalized spacial score (nSPS) is 21.4. The van der Waals surface area contributed by atoms with Crippen LogP contribution in [0.5, 0.6) is 0 Å². The van der Waals surface area contributed by atoms with Gasteiger partial charge in [-0.25, -0.2) is 0 Å². The number of carbonyl (C=O) groups is 1. The lowest BCUT2D eigenvalue weighted by Gasteiger charge is -2.30. The van der Waals surface area contributed by atoms with Crippen molar-refractivity contribution < 1.29 is 4.79 Å². The van der Waals surface area contributed by atoms with Gasteiger partial charge in [0.2, 0.25) is 0 Å². The van der Waals surface area contributed by atoms with E-state index in [1.54, 1.807) is 6.07 Å². The average Bonchev–Trinajstić information content (AvgIpc) is 2.33. The van der Waals surface area contributed by atoms with Gasteiger partial charge in [0.05, 0.1) is 0 Å². The van der Waals surface area contributed by atoms with Crippen molar-refractivity contribution >= 4 is 23.6 Å². The minimum atomic E-state index is 0.178. The molecular formula is C13H17ClN2O. The number of nitrogens with two attached hydrogens (primary N) is 1. The van der Waals surface area contributed by atoms with Gasteiger partial charge in [0, 0.05) is 29.7 Å². The molecule has 0 aliphatic carbocycles. The van der Waals surface area contributed by atoms with Gasteiger partial charge in [0.1, 0.15) is 6.29 Å². The van der Waals surface area contributed by atoms with E-state index in [9.17, 15) is 4.79 Å². The van der Waals surface area contributed by atoms with Crippen LogP contribution < -0.4 is 5.73 Å². The Morgan fingerprint density at radius 1 is 1.53 bits per heavy atom. The highest BCUT2D eigenvalue weighted by molar-refractivity contribution is 6.30. The molecule has 1 aliphatic heterocycles. The molecule has 0 aromatic heterocycles. The molecule has 17 heavy (non-hydrogen) atoms. The topological polar surface area (TPSA) is 46.3 Å². The second kappa shape index (κ2) is 5.52. The van der Waals surface area contributed by atoms with Crippen LogP contribution in [0.15, 0.2) is 18.2 Å². The molecule has 3 nitrogen and oxygen atoms in total. The van der Waals surface area contributed by atoms with E-state index >= 15 is 0 Å². The first-order valence-corrected chi connectivity index (χ1v) is 6.28. The number of piperidine rings is 1. The molecule has 1 aromatic carbocycles. The Balaban J connectivity index is 2.02. The summed E-state index contributed by atoms with van der Waals surface area (Å²) in [5.74, 6) is 0.178. The maximum Gasteiger partial charge on any atom is 0.124 e. The molecule has 0 radical (unpaired) electrons. The van der Waals surface area contributed by atoms with Crippen molar-refractivity contribution in [1.82, 2.24) is 4.90 Å². The lowest BCUT2D eigenvalue weighted by molar-refractivity contribution is -0.112. The predicted octanol–water partition coefficient (Wildman–Crippen LogP) is 2.33. The Hall–Kier alpha value is -1.06. The van der Waals surface area contributed by atoms with E-state index in [1.807, 2.05) is 12.1 Å². The van der Waals surface area contributed by atoms with Crippen molar-refractivity contribution in [3.05, 3.63) is 28.8 Å². The minimum absolute atomic E-state index is 0.178. The summed E-state index contributed by atoms with van der Waals surface area (Å²) in [4.78, 5) is 13.1. The number of benzene rings is 1. The first kappa shape index (κ1) is 12.4. The second-order valence-corrected chi connectivity index (χ2v) is 5.05. The van der Waals surface area contributed by atoms with Gasteiger partial charge in [-0.2, -0.15) is 0 Å². The molecule has 1 atom stereocenters. The van der Waals surface area contributed by atoms with Crippen LogP contribution in [0.25, 0.3) is 0 Å². The van der Waals surface area contributed by atoms with E-state index in [0.717, 1.165) is 50.0 Å².